The van der Waals surface area contributed by atoms with Gasteiger partial charge in [0.25, 0.3) is 5.60 Å². The molecule has 1 heterocycles. The van der Waals surface area contributed by atoms with E-state index < -0.39 is 51.5 Å². The summed E-state index contributed by atoms with van der Waals surface area (Å²) in [4.78, 5) is 32.6. The molecule has 0 amide bonds. The molecule has 0 aliphatic carbocycles. The van der Waals surface area contributed by atoms with Crippen LogP contribution in [0.3, 0.4) is 0 Å². The first-order valence-electron chi connectivity index (χ1n) is 11.1. The van der Waals surface area contributed by atoms with Gasteiger partial charge in [-0.2, -0.15) is 18.4 Å². The highest BCUT2D eigenvalue weighted by Gasteiger charge is 2.45. The Hall–Kier alpha value is -4.76. The maximum Gasteiger partial charge on any atom is 0.416 e. The molecule has 0 fully saturated rings. The highest BCUT2D eigenvalue weighted by Crippen LogP contribution is 2.38. The second-order valence-corrected chi connectivity index (χ2v) is 8.50. The molecule has 198 valence electrons. The number of nitro groups is 1. The lowest BCUT2D eigenvalue weighted by Gasteiger charge is -2.27. The van der Waals surface area contributed by atoms with Gasteiger partial charge >= 0.3 is 11.9 Å². The minimum Gasteiger partial charge on any atom is -0.476 e. The van der Waals surface area contributed by atoms with Gasteiger partial charge < -0.3 is 9.47 Å². The van der Waals surface area contributed by atoms with Gasteiger partial charge in [0, 0.05) is 23.1 Å². The zero-order chi connectivity index (χ0) is 28.2. The number of nitrogens with zero attached hydrogens (tertiary/aromatic N) is 4. The summed E-state index contributed by atoms with van der Waals surface area (Å²) in [5.74, 6) is -1.43. The largest absolute Gasteiger partial charge is 0.476 e. The molecule has 4 aromatic rings. The van der Waals surface area contributed by atoms with E-state index in [1.54, 1.807) is 24.3 Å². The Morgan fingerprint density at radius 1 is 1.05 bits per heavy atom. The van der Waals surface area contributed by atoms with E-state index >= 15 is 0 Å². The predicted octanol–water partition coefficient (Wildman–Crippen LogP) is 6.05. The molecule has 9 nitrogen and oxygen atoms in total. The Labute approximate surface area is 223 Å². The van der Waals surface area contributed by atoms with Gasteiger partial charge in [0.05, 0.1) is 34.3 Å². The van der Waals surface area contributed by atoms with E-state index in [2.05, 4.69) is 9.97 Å². The van der Waals surface area contributed by atoms with Crippen molar-refractivity contribution in [1.82, 2.24) is 9.97 Å². The number of fused-ring (bicyclic) bond motifs is 1. The predicted molar refractivity (Wildman–Crippen MR) is 132 cm³/mol. The molecular formula is C26H16ClF3N4O5. The average Bonchev–Trinajstić information content (AvgIpc) is 2.91. The zero-order valence-electron chi connectivity index (χ0n) is 19.7. The number of rotatable bonds is 9. The lowest BCUT2D eigenvalue weighted by Crippen LogP contribution is -2.41. The first-order valence-corrected chi connectivity index (χ1v) is 11.5. The second-order valence-electron chi connectivity index (χ2n) is 8.06. The van der Waals surface area contributed by atoms with Crippen molar-refractivity contribution < 1.29 is 32.4 Å². The molecule has 13 heteroatoms. The summed E-state index contributed by atoms with van der Waals surface area (Å²) < 4.78 is 51.4. The van der Waals surface area contributed by atoms with E-state index in [9.17, 15) is 33.3 Å². The summed E-state index contributed by atoms with van der Waals surface area (Å²) in [7, 11) is 0. The van der Waals surface area contributed by atoms with Crippen LogP contribution in [-0.2, 0) is 16.6 Å². The summed E-state index contributed by atoms with van der Waals surface area (Å²) in [5, 5.41) is 22.1. The third-order valence-corrected chi connectivity index (χ3v) is 5.77. The van der Waals surface area contributed by atoms with Crippen LogP contribution in [0.4, 0.5) is 18.9 Å². The Morgan fingerprint density at radius 3 is 2.51 bits per heavy atom. The molecule has 4 rings (SSSR count). The van der Waals surface area contributed by atoms with Gasteiger partial charge in [0.1, 0.15) is 6.07 Å². The highest BCUT2D eigenvalue weighted by molar-refractivity contribution is 6.31. The van der Waals surface area contributed by atoms with Gasteiger partial charge in [0.2, 0.25) is 5.88 Å². The number of ether oxygens (including phenoxy) is 2. The minimum atomic E-state index is -4.79. The van der Waals surface area contributed by atoms with Crippen LogP contribution in [0.15, 0.2) is 72.9 Å². The van der Waals surface area contributed by atoms with Crippen molar-refractivity contribution in [3.63, 3.8) is 0 Å². The molecule has 1 unspecified atom stereocenters. The number of carbonyl (C=O) groups excluding carboxylic acids is 1. The third kappa shape index (κ3) is 5.89. The molecule has 39 heavy (non-hydrogen) atoms. The van der Waals surface area contributed by atoms with Crippen molar-refractivity contribution >= 4 is 34.1 Å². The first-order chi connectivity index (χ1) is 18.5. The molecule has 0 aliphatic rings. The number of nitriles is 1. The summed E-state index contributed by atoms with van der Waals surface area (Å²) in [5.41, 5.74) is -3.88. The van der Waals surface area contributed by atoms with Gasteiger partial charge in [0.15, 0.2) is 11.5 Å². The Balaban J connectivity index is 1.66. The van der Waals surface area contributed by atoms with Crippen LogP contribution >= 0.6 is 11.6 Å². The van der Waals surface area contributed by atoms with E-state index in [-0.39, 0.29) is 12.5 Å². The van der Waals surface area contributed by atoms with E-state index in [1.807, 2.05) is 0 Å². The van der Waals surface area contributed by atoms with Crippen LogP contribution in [0.1, 0.15) is 17.5 Å². The number of halogens is 4. The number of aromatic nitrogens is 2. The lowest BCUT2D eigenvalue weighted by atomic mass is 9.87. The van der Waals surface area contributed by atoms with Crippen LogP contribution in [-0.4, -0.2) is 27.3 Å². The molecule has 0 saturated carbocycles. The molecule has 0 bridgehead atoms. The van der Waals surface area contributed by atoms with Crippen molar-refractivity contribution in [2.45, 2.75) is 18.2 Å². The average molecular weight is 557 g/mol. The monoisotopic (exact) mass is 556 g/mol. The van der Waals surface area contributed by atoms with Crippen LogP contribution < -0.4 is 9.47 Å². The molecule has 0 spiro atoms. The second kappa shape index (κ2) is 10.9. The molecule has 0 radical (unpaired) electrons. The lowest BCUT2D eigenvalue weighted by molar-refractivity contribution is -0.386. The Bertz CT molecular complexity index is 1610. The summed E-state index contributed by atoms with van der Waals surface area (Å²) in [6.45, 7) is -0.352. The molecule has 3 aromatic carbocycles. The fourth-order valence-electron chi connectivity index (χ4n) is 3.66. The normalized spacial score (nSPS) is 12.8. The van der Waals surface area contributed by atoms with Crippen LogP contribution in [0, 0.1) is 21.4 Å². The number of benzene rings is 3. The standard InChI is InChI=1S/C26H16ClF3N4O5/c27-18-8-9-19-20(13-18)32-14-24(33-19)38-11-10-23(35)25(15-31,16-4-3-5-17(12-16)26(28,29)30)39-22-7-2-1-6-21(22)34(36)37/h1-9,12-14H,10-11H2. The highest BCUT2D eigenvalue weighted by atomic mass is 35.5. The van der Waals surface area contributed by atoms with Gasteiger partial charge in [-0.15, -0.1) is 0 Å². The van der Waals surface area contributed by atoms with Crippen molar-refractivity contribution in [3.05, 3.63) is 99.2 Å². The zero-order valence-corrected chi connectivity index (χ0v) is 20.4. The van der Waals surface area contributed by atoms with Crippen molar-refractivity contribution in [1.29, 1.82) is 5.26 Å². The minimum absolute atomic E-state index is 0.0406. The van der Waals surface area contributed by atoms with Crippen LogP contribution in [0.25, 0.3) is 11.0 Å². The number of nitro benzene ring substituents is 1. The number of Topliss-reactive ketones (excluding diaryl/α,β-unsaturated/α-hetero) is 1. The van der Waals surface area contributed by atoms with Crippen molar-refractivity contribution in [3.8, 4) is 17.7 Å². The third-order valence-electron chi connectivity index (χ3n) is 5.53. The van der Waals surface area contributed by atoms with Gasteiger partial charge in [-0.25, -0.2) is 9.97 Å². The summed E-state index contributed by atoms with van der Waals surface area (Å²) >= 11 is 5.93. The van der Waals surface area contributed by atoms with Crippen molar-refractivity contribution in [2.75, 3.05) is 6.61 Å². The topological polar surface area (TPSA) is 128 Å². The van der Waals surface area contributed by atoms with Gasteiger partial charge in [-0.3, -0.25) is 14.9 Å². The van der Waals surface area contributed by atoms with Gasteiger partial charge in [-0.1, -0.05) is 35.9 Å². The quantitative estimate of drug-likeness (QED) is 0.180. The van der Waals surface area contributed by atoms with E-state index in [4.69, 9.17) is 21.1 Å². The molecule has 0 aliphatic heterocycles. The van der Waals surface area contributed by atoms with Crippen LogP contribution in [0.2, 0.25) is 5.02 Å². The molecule has 1 aromatic heterocycles. The Morgan fingerprint density at radius 2 is 1.79 bits per heavy atom. The number of carbonyl (C=O) groups is 1. The number of hydrogen-bond donors (Lipinski definition) is 0. The molecule has 0 saturated heterocycles. The smallest absolute Gasteiger partial charge is 0.416 e. The maximum absolute atomic E-state index is 13.5. The fourth-order valence-corrected chi connectivity index (χ4v) is 3.83. The number of ketones is 1. The van der Waals surface area contributed by atoms with Crippen LogP contribution in [0.5, 0.6) is 11.6 Å². The molecule has 0 N–H and O–H groups in total. The van der Waals surface area contributed by atoms with Crippen molar-refractivity contribution in [2.24, 2.45) is 0 Å². The van der Waals surface area contributed by atoms with E-state index in [0.29, 0.717) is 22.1 Å². The maximum atomic E-state index is 13.5. The number of hydrogen-bond acceptors (Lipinski definition) is 8. The van der Waals surface area contributed by atoms with E-state index in [0.717, 1.165) is 30.3 Å². The SMILES string of the molecule is N#CC(Oc1ccccc1[N+](=O)[O-])(C(=O)CCOc1cnc2cc(Cl)ccc2n1)c1cccc(C(F)(F)F)c1. The number of para-hydroxylation sites is 2. The molecule has 1 atom stereocenters. The Kier molecular flexibility index (Phi) is 7.64. The fraction of sp³-hybridized carbons (Fsp3) is 0.154. The summed E-state index contributed by atoms with van der Waals surface area (Å²) in [6, 6.07) is 14.8. The first kappa shape index (κ1) is 27.3. The summed E-state index contributed by atoms with van der Waals surface area (Å²) in [6.07, 6.45) is -4.02. The molecular weight excluding hydrogens is 541 g/mol. The van der Waals surface area contributed by atoms with E-state index in [1.165, 1.54) is 18.3 Å². The number of alkyl halides is 3. The van der Waals surface area contributed by atoms with Gasteiger partial charge in [-0.05, 0) is 36.4 Å².